The van der Waals surface area contributed by atoms with Crippen LogP contribution in [0, 0.1) is 11.6 Å². The zero-order valence-corrected chi connectivity index (χ0v) is 62.4. The van der Waals surface area contributed by atoms with Crippen LogP contribution in [0.3, 0.4) is 0 Å². The van der Waals surface area contributed by atoms with E-state index < -0.39 is 65.3 Å². The minimum Gasteiger partial charge on any atom is -0.481 e. The molecule has 4 aromatic carbocycles. The highest BCUT2D eigenvalue weighted by molar-refractivity contribution is 6.25. The Balaban J connectivity index is 0.000000144. The molecule has 6 saturated heterocycles. The van der Waals surface area contributed by atoms with E-state index >= 15 is 0 Å². The number of fused-ring (bicyclic) bond motifs is 4. The van der Waals surface area contributed by atoms with Crippen LogP contribution in [0.25, 0.3) is 34.1 Å². The zero-order chi connectivity index (χ0) is 79.5. The van der Waals surface area contributed by atoms with E-state index in [4.69, 9.17) is 25.3 Å². The molecule has 9 amide bonds. The highest BCUT2D eigenvalue weighted by Gasteiger charge is 2.47. The number of benzene rings is 4. The van der Waals surface area contributed by atoms with Gasteiger partial charge in [0.2, 0.25) is 29.5 Å². The minimum absolute atomic E-state index is 0.00874. The molecule has 2 unspecified atom stereocenters. The van der Waals surface area contributed by atoms with E-state index in [2.05, 4.69) is 62.2 Å². The van der Waals surface area contributed by atoms with Crippen molar-refractivity contribution in [3.63, 3.8) is 0 Å². The molecule has 588 valence electrons. The van der Waals surface area contributed by atoms with E-state index in [1.165, 1.54) is 30.3 Å². The largest absolute Gasteiger partial charge is 0.481 e. The number of carboxylic acid groups (broad SMARTS) is 1. The number of pyridine rings is 2. The summed E-state index contributed by atoms with van der Waals surface area (Å²) in [7, 11) is 0. The molecular weight excluding hydrogens is 1480 g/mol. The smallest absolute Gasteiger partial charge is 0.305 e. The number of imide groups is 4. The van der Waals surface area contributed by atoms with Crippen molar-refractivity contribution in [1.82, 2.24) is 69.8 Å². The number of piperidine rings is 2. The summed E-state index contributed by atoms with van der Waals surface area (Å²) in [6, 6.07) is 40.9. The highest BCUT2D eigenvalue weighted by Crippen LogP contribution is 2.39. The third-order valence-corrected chi connectivity index (χ3v) is 21.9. The molecule has 6 aromatic heterocycles. The lowest BCUT2D eigenvalue weighted by atomic mass is 10.0. The van der Waals surface area contributed by atoms with Gasteiger partial charge in [-0.2, -0.15) is 0 Å². The number of carboxylic acids is 1. The first-order valence-electron chi connectivity index (χ1n) is 38.4. The van der Waals surface area contributed by atoms with E-state index in [1.807, 2.05) is 86.9 Å². The maximum absolute atomic E-state index is 14.1. The van der Waals surface area contributed by atoms with Crippen LogP contribution in [0.1, 0.15) is 129 Å². The Kier molecular flexibility index (Phi) is 21.5. The summed E-state index contributed by atoms with van der Waals surface area (Å²) in [5, 5.41) is 32.3. The fourth-order valence-corrected chi connectivity index (χ4v) is 16.1. The van der Waals surface area contributed by atoms with Gasteiger partial charge in [0.25, 0.3) is 23.6 Å². The van der Waals surface area contributed by atoms with Crippen molar-refractivity contribution in [3.8, 4) is 22.8 Å². The maximum Gasteiger partial charge on any atom is 0.305 e. The molecule has 115 heavy (non-hydrogen) atoms. The SMILES string of the molecule is Fc1cccc([C@H]2CCCN2c2ccc3ncc(-c4cccc(N5CCNCC5)n4)n3n2)c1.O=C(O)CCNc1ccc2c(c1)C(=O)N(C1CCC(=O)NC1=O)C2=O.O=C1CCC(N2C(=O)c3ccc(NCCC(=O)N4CCN(c5cccc(-c6cnc7ccc(N8CCC[C@@H]8c8cccc(F)c8)nn67)n5)CC4)cc3C2=O)C(=O)N1. The molecule has 10 aromatic rings. The average molecular weight is 1560 g/mol. The van der Waals surface area contributed by atoms with Gasteiger partial charge in [0.15, 0.2) is 11.3 Å². The number of nitrogens with zero attached hydrogens (tertiary/aromatic N) is 15. The second kappa shape index (κ2) is 32.7. The monoisotopic (exact) mass is 1560 g/mol. The Bertz CT molecular complexity index is 5530. The van der Waals surface area contributed by atoms with Crippen molar-refractivity contribution in [1.29, 1.82) is 0 Å². The van der Waals surface area contributed by atoms with Crippen molar-refractivity contribution < 1.29 is 61.8 Å². The van der Waals surface area contributed by atoms with E-state index in [0.717, 1.165) is 138 Å². The Labute approximate surface area is 656 Å². The number of aliphatic carboxylic acids is 1. The third kappa shape index (κ3) is 15.8. The van der Waals surface area contributed by atoms with Crippen molar-refractivity contribution in [2.75, 3.05) is 109 Å². The van der Waals surface area contributed by atoms with Crippen LogP contribution in [0.5, 0.6) is 0 Å². The predicted octanol–water partition coefficient (Wildman–Crippen LogP) is 7.48. The van der Waals surface area contributed by atoms with Crippen molar-refractivity contribution in [2.45, 2.75) is 88.4 Å². The van der Waals surface area contributed by atoms with Crippen LogP contribution in [-0.2, 0) is 28.8 Å². The van der Waals surface area contributed by atoms with Crippen molar-refractivity contribution >= 4 is 105 Å². The number of anilines is 6. The summed E-state index contributed by atoms with van der Waals surface area (Å²) < 4.78 is 31.6. The second-order valence-electron chi connectivity index (χ2n) is 29.1. The zero-order valence-electron chi connectivity index (χ0n) is 62.4. The summed E-state index contributed by atoms with van der Waals surface area (Å²) >= 11 is 0. The first kappa shape index (κ1) is 75.6. The number of hydrogen-bond acceptors (Lipinski definition) is 23. The van der Waals surface area contributed by atoms with E-state index in [-0.39, 0.29) is 96.9 Å². The van der Waals surface area contributed by atoms with Gasteiger partial charge in [0, 0.05) is 109 Å². The first-order chi connectivity index (χ1) is 55.9. The normalized spacial score (nSPS) is 19.5. The molecule has 0 saturated carbocycles. The molecule has 14 heterocycles. The molecule has 6 fully saturated rings. The first-order valence-corrected chi connectivity index (χ1v) is 38.4. The molecule has 6 N–H and O–H groups in total. The molecule has 33 heteroatoms. The van der Waals surface area contributed by atoms with Gasteiger partial charge < -0.3 is 45.6 Å². The molecule has 4 atom stereocenters. The summed E-state index contributed by atoms with van der Waals surface area (Å²) in [5.41, 5.74) is 8.38. The lowest BCUT2D eigenvalue weighted by Crippen LogP contribution is -2.54. The summed E-state index contributed by atoms with van der Waals surface area (Å²) in [6.07, 6.45) is 7.96. The van der Waals surface area contributed by atoms with Crippen molar-refractivity contribution in [3.05, 3.63) is 203 Å². The van der Waals surface area contributed by atoms with Gasteiger partial charge in [0.05, 0.1) is 64.5 Å². The van der Waals surface area contributed by atoms with Crippen LogP contribution in [-0.4, -0.2) is 209 Å². The number of carbonyl (C=O) groups excluding carboxylic acids is 9. The van der Waals surface area contributed by atoms with Gasteiger partial charge >= 0.3 is 5.97 Å². The fourth-order valence-electron chi connectivity index (χ4n) is 16.1. The average Bonchev–Trinajstić information content (AvgIpc) is 1.62. The lowest BCUT2D eigenvalue weighted by molar-refractivity contribution is -0.137. The van der Waals surface area contributed by atoms with Gasteiger partial charge in [0.1, 0.15) is 58.4 Å². The van der Waals surface area contributed by atoms with Gasteiger partial charge in [-0.1, -0.05) is 36.4 Å². The molecule has 31 nitrogen and oxygen atoms in total. The van der Waals surface area contributed by atoms with E-state index in [9.17, 15) is 56.7 Å². The summed E-state index contributed by atoms with van der Waals surface area (Å²) in [4.78, 5) is 154. The number of carbonyl (C=O) groups is 10. The van der Waals surface area contributed by atoms with Crippen LogP contribution in [0.4, 0.5) is 43.4 Å². The Morgan fingerprint density at radius 3 is 1.37 bits per heavy atom. The maximum atomic E-state index is 14.1. The van der Waals surface area contributed by atoms with Crippen LogP contribution in [0.2, 0.25) is 0 Å². The predicted molar refractivity (Wildman–Crippen MR) is 418 cm³/mol. The Morgan fingerprint density at radius 1 is 0.461 bits per heavy atom. The fraction of sp³-hybridized carbons (Fsp3) is 0.317. The number of amides is 9. The Hall–Kier alpha value is -13.5. The third-order valence-electron chi connectivity index (χ3n) is 21.9. The number of rotatable bonds is 18. The molecule has 8 aliphatic rings. The number of hydrogen-bond donors (Lipinski definition) is 6. The van der Waals surface area contributed by atoms with Gasteiger partial charge in [-0.15, -0.1) is 10.2 Å². The lowest BCUT2D eigenvalue weighted by Gasteiger charge is -2.35. The standard InChI is InChI=1S/C41H39FN10O5.C25H26FN7.C16H15N3O6/c42-26-5-1-4-25(22-26)31-7-3-17-50(31)36-13-12-34-44-24-33(52(34)47-36)30-6-2-8-35(45-30)48-18-20-49(21-19-48)38(54)15-16-43-27-9-10-28-29(23-27)41(57)51(40(28)56)32-11-14-37(53)46-39(32)55;26-19-5-1-4-18(16-19)21-7-3-13-32(21)25-10-9-23-28-17-22(33(23)30-25)20-6-2-8-24(29-20)31-14-11-27-12-15-31;20-12-4-3-11(14(23)18-12)19-15(24)9-2-1-8(7-10(9)16(19)25)17-6-5-13(21)22/h1-2,4-6,8-10,12-13,22-24,31-32,43H,3,7,11,14-21H2,(H,46,53,55);1-2,4-6,8-10,16-17,21,27H,3,7,11-15H2;1-2,7,11,17H,3-6H2,(H,21,22)(H,18,20,23)/t31-,32?;21-;/m11./s1. The second-order valence-corrected chi connectivity index (χ2v) is 29.1. The number of aromatic nitrogens is 8. The molecule has 0 spiro atoms. The molecule has 8 aliphatic heterocycles. The summed E-state index contributed by atoms with van der Waals surface area (Å²) in [5.74, 6) is -2.48. The van der Waals surface area contributed by atoms with Gasteiger partial charge in [-0.3, -0.25) is 68.4 Å². The van der Waals surface area contributed by atoms with Gasteiger partial charge in [-0.25, -0.2) is 37.7 Å². The quantitative estimate of drug-likeness (QED) is 0.0453. The van der Waals surface area contributed by atoms with Crippen LogP contribution in [0.15, 0.2) is 158 Å². The van der Waals surface area contributed by atoms with Crippen molar-refractivity contribution in [2.24, 2.45) is 0 Å². The summed E-state index contributed by atoms with van der Waals surface area (Å²) in [6.45, 7) is 8.29. The van der Waals surface area contributed by atoms with Gasteiger partial charge in [-0.05, 0) is 159 Å². The molecular formula is C82H80F2N20O11. The molecule has 0 aliphatic carbocycles. The minimum atomic E-state index is -1.03. The Morgan fingerprint density at radius 2 is 0.913 bits per heavy atom. The van der Waals surface area contributed by atoms with E-state index in [0.29, 0.717) is 49.7 Å². The molecule has 0 bridgehead atoms. The van der Waals surface area contributed by atoms with Crippen LogP contribution < -0.4 is 46.2 Å². The number of nitrogens with one attached hydrogen (secondary N) is 5. The van der Waals surface area contributed by atoms with E-state index in [1.54, 1.807) is 48.7 Å². The number of imidazole rings is 2. The molecule has 18 rings (SSSR count). The molecule has 0 radical (unpaired) electrons. The van der Waals surface area contributed by atoms with Crippen LogP contribution >= 0.6 is 0 Å². The topological polar surface area (TPSA) is 360 Å². The highest BCUT2D eigenvalue weighted by atomic mass is 19.1. The number of halogens is 2. The number of piperazine rings is 2.